The Morgan fingerprint density at radius 3 is 3.08 bits per heavy atom. The Morgan fingerprint density at radius 1 is 1.83 bits per heavy atom. The number of rotatable bonds is 3. The molecule has 0 aromatic carbocycles. The Hall–Kier alpha value is -1.50. The van der Waals surface area contributed by atoms with E-state index in [2.05, 4.69) is 20.3 Å². The molecule has 0 saturated heterocycles. The zero-order valence-electron chi connectivity index (χ0n) is 6.54. The van der Waals surface area contributed by atoms with Crippen LogP contribution in [0, 0.1) is 0 Å². The lowest BCUT2D eigenvalue weighted by atomic mass is 10.3. The van der Waals surface area contributed by atoms with Gasteiger partial charge in [0, 0.05) is 0 Å². The fraction of sp³-hybridized carbons (Fsp3) is 0.600. The van der Waals surface area contributed by atoms with Crippen LogP contribution in [0.1, 0.15) is 0 Å². The highest BCUT2D eigenvalue weighted by Gasteiger charge is 2.14. The predicted molar refractivity (Wildman–Crippen MR) is 37.8 cm³/mol. The van der Waals surface area contributed by atoms with Gasteiger partial charge in [0.25, 0.3) is 0 Å². The van der Waals surface area contributed by atoms with Crippen molar-refractivity contribution in [2.75, 3.05) is 7.11 Å². The molecule has 0 saturated carbocycles. The Morgan fingerprint density at radius 2 is 2.58 bits per heavy atom. The smallest absolute Gasteiger partial charge is 0.324 e. The van der Waals surface area contributed by atoms with Gasteiger partial charge in [-0.25, -0.2) is 4.68 Å². The van der Waals surface area contributed by atoms with Gasteiger partial charge in [0.2, 0.25) is 0 Å². The number of hydrogen-bond acceptors (Lipinski definition) is 6. The van der Waals surface area contributed by atoms with Gasteiger partial charge < -0.3 is 10.5 Å². The van der Waals surface area contributed by atoms with Crippen LogP contribution in [0.2, 0.25) is 0 Å². The molecule has 0 aliphatic heterocycles. The van der Waals surface area contributed by atoms with Crippen molar-refractivity contribution in [2.24, 2.45) is 5.73 Å². The summed E-state index contributed by atoms with van der Waals surface area (Å²) in [5.41, 5.74) is 5.43. The first-order chi connectivity index (χ1) is 5.74. The van der Waals surface area contributed by atoms with E-state index in [0.717, 1.165) is 0 Å². The van der Waals surface area contributed by atoms with E-state index in [4.69, 9.17) is 5.73 Å². The molecule has 12 heavy (non-hydrogen) atoms. The number of ether oxygens (including phenoxy) is 1. The Kier molecular flexibility index (Phi) is 2.70. The standard InChI is InChI=1S/C5H9N5O2/c1-12-5(11)4(6)2-10-3-7-8-9-10/h3-4H,2,6H2,1H3. The molecule has 66 valence electrons. The third-order valence-electron chi connectivity index (χ3n) is 1.28. The summed E-state index contributed by atoms with van der Waals surface area (Å²) in [7, 11) is 1.28. The molecule has 7 nitrogen and oxygen atoms in total. The number of carbonyl (C=O) groups is 1. The van der Waals surface area contributed by atoms with Gasteiger partial charge in [-0.2, -0.15) is 0 Å². The molecule has 2 N–H and O–H groups in total. The summed E-state index contributed by atoms with van der Waals surface area (Å²) in [5.74, 6) is -0.481. The average molecular weight is 171 g/mol. The second-order valence-corrected chi connectivity index (χ2v) is 2.16. The summed E-state index contributed by atoms with van der Waals surface area (Å²) < 4.78 is 5.78. The molecule has 0 aliphatic carbocycles. The molecule has 1 rings (SSSR count). The van der Waals surface area contributed by atoms with Crippen LogP contribution >= 0.6 is 0 Å². The minimum atomic E-state index is -0.724. The summed E-state index contributed by atoms with van der Waals surface area (Å²) >= 11 is 0. The number of hydrogen-bond donors (Lipinski definition) is 1. The number of esters is 1. The van der Waals surface area contributed by atoms with Crippen molar-refractivity contribution in [1.29, 1.82) is 0 Å². The summed E-state index contributed by atoms with van der Waals surface area (Å²) in [6.45, 7) is 0.222. The Balaban J connectivity index is 2.47. The molecular formula is C5H9N5O2. The molecule has 1 aromatic heterocycles. The SMILES string of the molecule is COC(=O)C(N)Cn1cnnn1. The zero-order chi connectivity index (χ0) is 8.97. The molecule has 0 aliphatic rings. The van der Waals surface area contributed by atoms with Crippen LogP contribution in [0.25, 0.3) is 0 Å². The molecule has 7 heteroatoms. The minimum Gasteiger partial charge on any atom is -0.468 e. The molecule has 1 unspecified atom stereocenters. The maximum atomic E-state index is 10.8. The molecule has 0 amide bonds. The third kappa shape index (κ3) is 1.99. The van der Waals surface area contributed by atoms with Gasteiger partial charge in [-0.05, 0) is 10.4 Å². The highest BCUT2D eigenvalue weighted by molar-refractivity contribution is 5.75. The predicted octanol–water partition coefficient (Wildman–Crippen LogP) is -1.83. The average Bonchev–Trinajstić information content (AvgIpc) is 2.55. The molecular weight excluding hydrogens is 162 g/mol. The number of tetrazole rings is 1. The summed E-state index contributed by atoms with van der Waals surface area (Å²) in [6.07, 6.45) is 1.38. The van der Waals surface area contributed by atoms with Gasteiger partial charge in [0.15, 0.2) is 0 Å². The maximum absolute atomic E-state index is 10.8. The van der Waals surface area contributed by atoms with Crippen molar-refractivity contribution in [3.05, 3.63) is 6.33 Å². The van der Waals surface area contributed by atoms with Crippen molar-refractivity contribution in [3.8, 4) is 0 Å². The van der Waals surface area contributed by atoms with Crippen LogP contribution in [0.5, 0.6) is 0 Å². The van der Waals surface area contributed by atoms with Gasteiger partial charge in [-0.15, -0.1) is 5.10 Å². The van der Waals surface area contributed by atoms with Gasteiger partial charge in [-0.3, -0.25) is 4.79 Å². The topological polar surface area (TPSA) is 95.9 Å². The highest BCUT2D eigenvalue weighted by Crippen LogP contribution is 1.87. The van der Waals surface area contributed by atoms with E-state index < -0.39 is 12.0 Å². The third-order valence-corrected chi connectivity index (χ3v) is 1.28. The molecule has 1 aromatic rings. The highest BCUT2D eigenvalue weighted by atomic mass is 16.5. The second-order valence-electron chi connectivity index (χ2n) is 2.16. The van der Waals surface area contributed by atoms with Crippen LogP contribution in [0.4, 0.5) is 0 Å². The molecule has 0 radical (unpaired) electrons. The number of methoxy groups -OCH3 is 1. The van der Waals surface area contributed by atoms with Crippen molar-refractivity contribution in [3.63, 3.8) is 0 Å². The van der Waals surface area contributed by atoms with Gasteiger partial charge >= 0.3 is 5.97 Å². The molecule has 0 spiro atoms. The minimum absolute atomic E-state index is 0.222. The monoisotopic (exact) mass is 171 g/mol. The van der Waals surface area contributed by atoms with Crippen molar-refractivity contribution in [1.82, 2.24) is 20.2 Å². The lowest BCUT2D eigenvalue weighted by Crippen LogP contribution is -2.36. The van der Waals surface area contributed by atoms with Gasteiger partial charge in [0.1, 0.15) is 12.4 Å². The number of aromatic nitrogens is 4. The van der Waals surface area contributed by atoms with Crippen LogP contribution in [-0.2, 0) is 16.1 Å². The lowest BCUT2D eigenvalue weighted by molar-refractivity contribution is -0.142. The summed E-state index contributed by atoms with van der Waals surface area (Å²) in [6, 6.07) is -0.724. The fourth-order valence-electron chi connectivity index (χ4n) is 0.691. The number of carbonyl (C=O) groups excluding carboxylic acids is 1. The summed E-state index contributed by atoms with van der Waals surface area (Å²) in [5, 5.41) is 10.3. The quantitative estimate of drug-likeness (QED) is 0.537. The first-order valence-corrected chi connectivity index (χ1v) is 3.28. The number of nitrogens with zero attached hydrogens (tertiary/aromatic N) is 4. The second kappa shape index (κ2) is 3.77. The van der Waals surface area contributed by atoms with E-state index in [1.54, 1.807) is 0 Å². The normalized spacial score (nSPS) is 12.5. The van der Waals surface area contributed by atoms with E-state index in [1.807, 2.05) is 0 Å². The van der Waals surface area contributed by atoms with E-state index in [0.29, 0.717) is 0 Å². The van der Waals surface area contributed by atoms with Crippen LogP contribution in [-0.4, -0.2) is 39.3 Å². The Bertz CT molecular complexity index is 246. The van der Waals surface area contributed by atoms with E-state index in [-0.39, 0.29) is 6.54 Å². The van der Waals surface area contributed by atoms with Gasteiger partial charge in [0.05, 0.1) is 13.7 Å². The van der Waals surface area contributed by atoms with Crippen molar-refractivity contribution >= 4 is 5.97 Å². The first-order valence-electron chi connectivity index (χ1n) is 3.28. The summed E-state index contributed by atoms with van der Waals surface area (Å²) in [4.78, 5) is 10.8. The van der Waals surface area contributed by atoms with E-state index in [1.165, 1.54) is 18.1 Å². The fourth-order valence-corrected chi connectivity index (χ4v) is 0.691. The van der Waals surface area contributed by atoms with Crippen LogP contribution < -0.4 is 5.73 Å². The first kappa shape index (κ1) is 8.60. The van der Waals surface area contributed by atoms with Gasteiger partial charge in [-0.1, -0.05) is 0 Å². The lowest BCUT2D eigenvalue weighted by Gasteiger charge is -2.06. The van der Waals surface area contributed by atoms with E-state index >= 15 is 0 Å². The zero-order valence-corrected chi connectivity index (χ0v) is 6.54. The van der Waals surface area contributed by atoms with Crippen molar-refractivity contribution < 1.29 is 9.53 Å². The van der Waals surface area contributed by atoms with E-state index in [9.17, 15) is 4.79 Å². The Labute approximate surface area is 68.5 Å². The van der Waals surface area contributed by atoms with Crippen molar-refractivity contribution in [2.45, 2.75) is 12.6 Å². The molecule has 1 atom stereocenters. The molecule has 1 heterocycles. The largest absolute Gasteiger partial charge is 0.468 e. The maximum Gasteiger partial charge on any atom is 0.324 e. The van der Waals surface area contributed by atoms with Crippen LogP contribution in [0.15, 0.2) is 6.33 Å². The molecule has 0 fully saturated rings. The number of nitrogens with two attached hydrogens (primary N) is 1. The van der Waals surface area contributed by atoms with Crippen LogP contribution in [0.3, 0.4) is 0 Å². The molecule has 0 bridgehead atoms.